The van der Waals surface area contributed by atoms with Crippen LogP contribution in [0.25, 0.3) is 0 Å². The number of rotatable bonds is 6. The summed E-state index contributed by atoms with van der Waals surface area (Å²) in [5.41, 5.74) is 4.64. The number of hydrogen-bond acceptors (Lipinski definition) is 2. The summed E-state index contributed by atoms with van der Waals surface area (Å²) < 4.78 is 6.63. The van der Waals surface area contributed by atoms with Gasteiger partial charge in [-0.2, -0.15) is 0 Å². The molecule has 0 N–H and O–H groups in total. The van der Waals surface area contributed by atoms with E-state index in [2.05, 4.69) is 94.4 Å². The highest BCUT2D eigenvalue weighted by atomic mass is 31.1. The van der Waals surface area contributed by atoms with Gasteiger partial charge in [0.15, 0.2) is 5.90 Å². The molecule has 1 aromatic carbocycles. The largest absolute Gasteiger partial charge is 0.459 e. The number of benzene rings is 1. The Labute approximate surface area is 163 Å². The van der Waals surface area contributed by atoms with Crippen molar-refractivity contribution in [3.8, 4) is 0 Å². The molecule has 0 aliphatic carbocycles. The molecule has 0 aliphatic heterocycles. The van der Waals surface area contributed by atoms with Crippen LogP contribution >= 0.6 is 8.15 Å². The third-order valence-corrected chi connectivity index (χ3v) is 6.83. The zero-order valence-corrected chi connectivity index (χ0v) is 19.7. The fraction of sp³-hybridized carbons (Fsp3) is 0.696. The van der Waals surface area contributed by atoms with Gasteiger partial charge in [0.25, 0.3) is 0 Å². The molecule has 0 bridgehead atoms. The highest BCUT2D eigenvalue weighted by molar-refractivity contribution is 7.54. The highest BCUT2D eigenvalue weighted by Crippen LogP contribution is 2.49. The van der Waals surface area contributed by atoms with Crippen molar-refractivity contribution in [1.29, 1.82) is 0 Å². The fourth-order valence-electron chi connectivity index (χ4n) is 2.97. The average molecular weight is 378 g/mol. The maximum Gasteiger partial charge on any atom is 0.196 e. The summed E-state index contributed by atoms with van der Waals surface area (Å²) in [6.07, 6.45) is 0. The number of hydrogen-bond donors (Lipinski definition) is 0. The minimum Gasteiger partial charge on any atom is -0.459 e. The van der Waals surface area contributed by atoms with Gasteiger partial charge in [0.2, 0.25) is 0 Å². The van der Waals surface area contributed by atoms with Crippen LogP contribution in [0.1, 0.15) is 99.1 Å². The molecule has 0 spiro atoms. The van der Waals surface area contributed by atoms with Crippen molar-refractivity contribution in [3.63, 3.8) is 0 Å². The Balaban J connectivity index is 3.56. The summed E-state index contributed by atoms with van der Waals surface area (Å²) in [7, 11) is -0.559. The van der Waals surface area contributed by atoms with Crippen LogP contribution in [0.4, 0.5) is 5.69 Å². The van der Waals surface area contributed by atoms with E-state index in [1.54, 1.807) is 0 Å². The topological polar surface area (TPSA) is 21.6 Å². The first kappa shape index (κ1) is 23.2. The van der Waals surface area contributed by atoms with Crippen molar-refractivity contribution in [3.05, 3.63) is 29.3 Å². The Morgan fingerprint density at radius 2 is 1.27 bits per heavy atom. The number of para-hydroxylation sites is 1. The molecule has 0 heterocycles. The van der Waals surface area contributed by atoms with Gasteiger partial charge in [0.1, 0.15) is 0 Å². The van der Waals surface area contributed by atoms with E-state index >= 15 is 0 Å². The van der Waals surface area contributed by atoms with Gasteiger partial charge in [-0.15, -0.1) is 0 Å². The second-order valence-corrected chi connectivity index (χ2v) is 12.4. The molecule has 3 heteroatoms. The molecule has 148 valence electrons. The van der Waals surface area contributed by atoms with Gasteiger partial charge in [-0.05, 0) is 23.0 Å². The minimum absolute atomic E-state index is 0.122. The standard InChI is InChI=1S/C23H40NOP/c1-15(2)19-13-12-14-20(16(3)4)21(19)24-22(23(9,10)11)25-26(17(5)6)18(7)8/h12-18H,1-11H3. The van der Waals surface area contributed by atoms with Crippen molar-refractivity contribution in [1.82, 2.24) is 0 Å². The second-order valence-electron chi connectivity index (χ2n) is 9.40. The molecule has 2 nitrogen and oxygen atoms in total. The Hall–Kier alpha value is -0.880. The van der Waals surface area contributed by atoms with E-state index in [-0.39, 0.29) is 5.41 Å². The lowest BCUT2D eigenvalue weighted by atomic mass is 9.92. The van der Waals surface area contributed by atoms with Gasteiger partial charge in [0, 0.05) is 16.7 Å². The Kier molecular flexibility index (Phi) is 8.33. The first-order valence-electron chi connectivity index (χ1n) is 10.0. The van der Waals surface area contributed by atoms with Crippen molar-refractivity contribution < 1.29 is 4.52 Å². The van der Waals surface area contributed by atoms with E-state index in [1.807, 2.05) is 0 Å². The third-order valence-electron chi connectivity index (χ3n) is 4.41. The van der Waals surface area contributed by atoms with Gasteiger partial charge < -0.3 is 4.52 Å². The maximum absolute atomic E-state index is 6.63. The monoisotopic (exact) mass is 377 g/mol. The van der Waals surface area contributed by atoms with E-state index < -0.39 is 8.15 Å². The molecular formula is C23H40NOP. The molecule has 0 saturated heterocycles. The predicted molar refractivity (Wildman–Crippen MR) is 119 cm³/mol. The van der Waals surface area contributed by atoms with Crippen LogP contribution in [0.3, 0.4) is 0 Å². The summed E-state index contributed by atoms with van der Waals surface area (Å²) in [5.74, 6) is 1.75. The van der Waals surface area contributed by atoms with Crippen LogP contribution in [0, 0.1) is 5.41 Å². The fourth-order valence-corrected chi connectivity index (χ4v) is 5.10. The molecule has 0 fully saturated rings. The molecule has 0 radical (unpaired) electrons. The van der Waals surface area contributed by atoms with E-state index in [0.29, 0.717) is 23.2 Å². The summed E-state index contributed by atoms with van der Waals surface area (Å²) in [6.45, 7) is 24.6. The average Bonchev–Trinajstić information content (AvgIpc) is 2.48. The normalized spacial score (nSPS) is 13.6. The number of nitrogens with zero attached hydrogens (tertiary/aromatic N) is 1. The lowest BCUT2D eigenvalue weighted by molar-refractivity contribution is 0.452. The lowest BCUT2D eigenvalue weighted by Gasteiger charge is -2.31. The molecule has 0 atom stereocenters. The van der Waals surface area contributed by atoms with Crippen LogP contribution < -0.4 is 0 Å². The molecule has 0 unspecified atom stereocenters. The van der Waals surface area contributed by atoms with E-state index in [9.17, 15) is 0 Å². The quantitative estimate of drug-likeness (QED) is 0.278. The molecule has 0 amide bonds. The molecule has 1 rings (SSSR count). The van der Waals surface area contributed by atoms with Crippen molar-refractivity contribution in [2.24, 2.45) is 10.4 Å². The highest BCUT2D eigenvalue weighted by Gasteiger charge is 2.29. The lowest BCUT2D eigenvalue weighted by Crippen LogP contribution is -2.24. The Bertz CT molecular complexity index is 575. The Morgan fingerprint density at radius 1 is 0.846 bits per heavy atom. The van der Waals surface area contributed by atoms with Crippen LogP contribution in [0.2, 0.25) is 0 Å². The molecule has 1 aromatic rings. The summed E-state index contributed by atoms with van der Waals surface area (Å²) in [6, 6.07) is 6.59. The second kappa shape index (κ2) is 9.36. The van der Waals surface area contributed by atoms with Crippen LogP contribution in [0.15, 0.2) is 23.2 Å². The van der Waals surface area contributed by atoms with Crippen molar-refractivity contribution >= 4 is 19.7 Å². The first-order valence-corrected chi connectivity index (χ1v) is 11.4. The molecule has 26 heavy (non-hydrogen) atoms. The van der Waals surface area contributed by atoms with Gasteiger partial charge in [-0.25, -0.2) is 4.99 Å². The molecule has 0 aliphatic rings. The van der Waals surface area contributed by atoms with Gasteiger partial charge in [-0.1, -0.05) is 94.4 Å². The minimum atomic E-state index is -0.559. The molecule has 0 aromatic heterocycles. The zero-order valence-electron chi connectivity index (χ0n) is 18.8. The van der Waals surface area contributed by atoms with E-state index in [1.165, 1.54) is 11.1 Å². The first-order chi connectivity index (χ1) is 11.9. The smallest absolute Gasteiger partial charge is 0.196 e. The van der Waals surface area contributed by atoms with Crippen LogP contribution in [-0.2, 0) is 4.52 Å². The van der Waals surface area contributed by atoms with Gasteiger partial charge in [-0.3, -0.25) is 0 Å². The predicted octanol–water partition coefficient (Wildman–Crippen LogP) is 8.24. The summed E-state index contributed by atoms with van der Waals surface area (Å²) in [4.78, 5) is 5.19. The summed E-state index contributed by atoms with van der Waals surface area (Å²) in [5, 5.41) is 0. The third kappa shape index (κ3) is 6.08. The van der Waals surface area contributed by atoms with E-state index in [0.717, 1.165) is 11.6 Å². The SMILES string of the molecule is CC(C)c1cccc(C(C)C)c1N=C(OP(C(C)C)C(C)C)C(C)(C)C. The maximum atomic E-state index is 6.63. The molecular weight excluding hydrogens is 337 g/mol. The van der Waals surface area contributed by atoms with Gasteiger partial charge >= 0.3 is 0 Å². The van der Waals surface area contributed by atoms with Gasteiger partial charge in [0.05, 0.1) is 13.8 Å². The van der Waals surface area contributed by atoms with Crippen LogP contribution in [0.5, 0.6) is 0 Å². The number of aliphatic imine (C=N–C) groups is 1. The Morgan fingerprint density at radius 3 is 1.58 bits per heavy atom. The van der Waals surface area contributed by atoms with Crippen molar-refractivity contribution in [2.45, 2.75) is 99.3 Å². The van der Waals surface area contributed by atoms with Crippen LogP contribution in [-0.4, -0.2) is 17.2 Å². The molecule has 0 saturated carbocycles. The zero-order chi connectivity index (χ0) is 20.2. The summed E-state index contributed by atoms with van der Waals surface area (Å²) >= 11 is 0. The van der Waals surface area contributed by atoms with E-state index in [4.69, 9.17) is 9.52 Å². The van der Waals surface area contributed by atoms with Crippen molar-refractivity contribution in [2.75, 3.05) is 0 Å².